The second-order valence-corrected chi connectivity index (χ2v) is 4.29. The van der Waals surface area contributed by atoms with Crippen LogP contribution in [0.5, 0.6) is 0 Å². The number of aromatic nitrogens is 2. The van der Waals surface area contributed by atoms with E-state index in [4.69, 9.17) is 5.73 Å². The summed E-state index contributed by atoms with van der Waals surface area (Å²) < 4.78 is 39.5. The number of rotatable bonds is 1. The summed E-state index contributed by atoms with van der Waals surface area (Å²) in [5.41, 5.74) is 6.47. The summed E-state index contributed by atoms with van der Waals surface area (Å²) in [6, 6.07) is 0. The summed E-state index contributed by atoms with van der Waals surface area (Å²) in [7, 11) is 0. The third-order valence-corrected chi connectivity index (χ3v) is 2.97. The first kappa shape index (κ1) is 11.4. The minimum atomic E-state index is -4.39. The molecule has 0 amide bonds. The molecule has 1 aromatic rings. The Labute approximate surface area is 91.5 Å². The lowest BCUT2D eigenvalue weighted by molar-refractivity contribution is -0.147. The second-order valence-electron chi connectivity index (χ2n) is 4.29. The molecular weight excluding hydrogens is 219 g/mol. The molecule has 16 heavy (non-hydrogen) atoms. The van der Waals surface area contributed by atoms with Crippen LogP contribution in [0.25, 0.3) is 0 Å². The first-order valence-corrected chi connectivity index (χ1v) is 5.29. The predicted octanol–water partition coefficient (Wildman–Crippen LogP) is 1.94. The molecule has 1 atom stereocenters. The van der Waals surface area contributed by atoms with Crippen LogP contribution in [0.15, 0.2) is 0 Å². The van der Waals surface area contributed by atoms with E-state index in [1.165, 1.54) is 4.57 Å². The molecule has 0 aromatic carbocycles. The quantitative estimate of drug-likeness (QED) is 0.805. The maximum atomic E-state index is 12.7. The first-order chi connectivity index (χ1) is 7.43. The fraction of sp³-hybridized carbons (Fsp3) is 0.700. The molecule has 0 saturated heterocycles. The third kappa shape index (κ3) is 1.81. The van der Waals surface area contributed by atoms with Crippen LogP contribution in [0.2, 0.25) is 0 Å². The molecule has 0 spiro atoms. The molecule has 6 heteroatoms. The average molecular weight is 233 g/mol. The largest absolute Gasteiger partial charge is 0.449 e. The smallest absolute Gasteiger partial charge is 0.325 e. The van der Waals surface area contributed by atoms with Crippen molar-refractivity contribution in [2.75, 3.05) is 0 Å². The Morgan fingerprint density at radius 3 is 2.75 bits per heavy atom. The zero-order valence-corrected chi connectivity index (χ0v) is 9.01. The zero-order valence-electron chi connectivity index (χ0n) is 9.01. The molecule has 0 fully saturated rings. The van der Waals surface area contributed by atoms with Crippen LogP contribution in [0, 0.1) is 5.92 Å². The Hall–Kier alpha value is -1.04. The molecule has 0 saturated carbocycles. The Morgan fingerprint density at radius 2 is 2.19 bits per heavy atom. The van der Waals surface area contributed by atoms with Gasteiger partial charge in [0.1, 0.15) is 0 Å². The topological polar surface area (TPSA) is 43.8 Å². The maximum absolute atomic E-state index is 12.7. The summed E-state index contributed by atoms with van der Waals surface area (Å²) >= 11 is 0. The molecule has 0 aliphatic carbocycles. The fourth-order valence-electron chi connectivity index (χ4n) is 2.18. The van der Waals surface area contributed by atoms with Crippen molar-refractivity contribution in [1.29, 1.82) is 0 Å². The summed E-state index contributed by atoms with van der Waals surface area (Å²) in [4.78, 5) is 3.63. The van der Waals surface area contributed by atoms with Crippen molar-refractivity contribution in [1.82, 2.24) is 9.55 Å². The summed E-state index contributed by atoms with van der Waals surface area (Å²) in [5.74, 6) is -0.539. The molecule has 1 unspecified atom stereocenters. The molecule has 0 radical (unpaired) electrons. The Balaban J connectivity index is 2.51. The average Bonchev–Trinajstić information content (AvgIpc) is 2.54. The number of fused-ring (bicyclic) bond motifs is 1. The minimum absolute atomic E-state index is 0.0692. The lowest BCUT2D eigenvalue weighted by Gasteiger charge is -2.23. The maximum Gasteiger partial charge on any atom is 0.449 e. The third-order valence-electron chi connectivity index (χ3n) is 2.97. The number of hydrogen-bond acceptors (Lipinski definition) is 2. The zero-order chi connectivity index (χ0) is 11.9. The van der Waals surface area contributed by atoms with Gasteiger partial charge in [0.2, 0.25) is 5.82 Å². The van der Waals surface area contributed by atoms with Crippen molar-refractivity contribution in [3.63, 3.8) is 0 Å². The predicted molar refractivity (Wildman–Crippen MR) is 52.6 cm³/mol. The molecule has 1 aromatic heterocycles. The van der Waals surface area contributed by atoms with Crippen LogP contribution >= 0.6 is 0 Å². The fourth-order valence-corrected chi connectivity index (χ4v) is 2.18. The lowest BCUT2D eigenvalue weighted by atomic mass is 9.99. The Morgan fingerprint density at radius 1 is 1.50 bits per heavy atom. The van der Waals surface area contributed by atoms with Crippen LogP contribution in [0.3, 0.4) is 0 Å². The van der Waals surface area contributed by atoms with Crippen molar-refractivity contribution in [3.05, 3.63) is 17.2 Å². The number of nitrogens with two attached hydrogens (primary N) is 1. The van der Waals surface area contributed by atoms with E-state index in [1.54, 1.807) is 0 Å². The highest BCUT2D eigenvalue weighted by Crippen LogP contribution is 2.33. The number of halogens is 3. The van der Waals surface area contributed by atoms with Gasteiger partial charge in [-0.15, -0.1) is 0 Å². The van der Waals surface area contributed by atoms with Crippen LogP contribution in [-0.4, -0.2) is 9.55 Å². The van der Waals surface area contributed by atoms with Crippen LogP contribution in [0.4, 0.5) is 13.2 Å². The normalized spacial score (nSPS) is 20.9. The van der Waals surface area contributed by atoms with Gasteiger partial charge >= 0.3 is 6.18 Å². The standard InChI is InChI=1S/C10H14F3N3/c1-6-2-3-8-7(4-14)15-9(10(11,12)13)16(8)5-6/h6H,2-5,14H2,1H3. The SMILES string of the molecule is CC1CCc2c(CN)nc(C(F)(F)F)n2C1. The van der Waals surface area contributed by atoms with E-state index in [2.05, 4.69) is 4.98 Å². The van der Waals surface area contributed by atoms with Gasteiger partial charge in [0.15, 0.2) is 0 Å². The van der Waals surface area contributed by atoms with Crippen molar-refractivity contribution in [2.24, 2.45) is 11.7 Å². The highest BCUT2D eigenvalue weighted by atomic mass is 19.4. The Bertz CT molecular complexity index is 395. The summed E-state index contributed by atoms with van der Waals surface area (Å²) in [5, 5.41) is 0. The van der Waals surface area contributed by atoms with E-state index in [-0.39, 0.29) is 12.5 Å². The molecule has 2 N–H and O–H groups in total. The van der Waals surface area contributed by atoms with E-state index < -0.39 is 12.0 Å². The first-order valence-electron chi connectivity index (χ1n) is 5.29. The molecule has 1 aliphatic rings. The molecule has 2 rings (SSSR count). The van der Waals surface area contributed by atoms with Gasteiger partial charge in [-0.05, 0) is 18.8 Å². The molecule has 0 bridgehead atoms. The van der Waals surface area contributed by atoms with Gasteiger partial charge in [-0.2, -0.15) is 13.2 Å². The van der Waals surface area contributed by atoms with E-state index in [9.17, 15) is 13.2 Å². The minimum Gasteiger partial charge on any atom is -0.325 e. The number of imidazole rings is 1. The van der Waals surface area contributed by atoms with Crippen LogP contribution in [-0.2, 0) is 25.7 Å². The molecule has 90 valence electrons. The summed E-state index contributed by atoms with van der Waals surface area (Å²) in [6.07, 6.45) is -2.86. The van der Waals surface area contributed by atoms with Gasteiger partial charge in [-0.3, -0.25) is 0 Å². The second kappa shape index (κ2) is 3.76. The van der Waals surface area contributed by atoms with Gasteiger partial charge < -0.3 is 10.3 Å². The Kier molecular flexibility index (Phi) is 2.69. The van der Waals surface area contributed by atoms with E-state index in [0.29, 0.717) is 24.4 Å². The van der Waals surface area contributed by atoms with Gasteiger partial charge in [0.25, 0.3) is 0 Å². The monoisotopic (exact) mass is 233 g/mol. The highest BCUT2D eigenvalue weighted by Gasteiger charge is 2.39. The highest BCUT2D eigenvalue weighted by molar-refractivity contribution is 5.20. The molecule has 3 nitrogen and oxygen atoms in total. The van der Waals surface area contributed by atoms with Gasteiger partial charge in [-0.25, -0.2) is 4.98 Å². The van der Waals surface area contributed by atoms with Crippen LogP contribution < -0.4 is 5.73 Å². The van der Waals surface area contributed by atoms with Crippen molar-refractivity contribution in [3.8, 4) is 0 Å². The number of nitrogens with zero attached hydrogens (tertiary/aromatic N) is 2. The van der Waals surface area contributed by atoms with Gasteiger partial charge in [-0.1, -0.05) is 6.92 Å². The van der Waals surface area contributed by atoms with E-state index in [0.717, 1.165) is 6.42 Å². The van der Waals surface area contributed by atoms with Gasteiger partial charge in [0.05, 0.1) is 5.69 Å². The molecule has 2 heterocycles. The van der Waals surface area contributed by atoms with Crippen molar-refractivity contribution in [2.45, 2.75) is 39.0 Å². The number of alkyl halides is 3. The lowest BCUT2D eigenvalue weighted by Crippen LogP contribution is -2.23. The molecule has 1 aliphatic heterocycles. The molecular formula is C10H14F3N3. The van der Waals surface area contributed by atoms with E-state index >= 15 is 0 Å². The van der Waals surface area contributed by atoms with Crippen molar-refractivity contribution >= 4 is 0 Å². The van der Waals surface area contributed by atoms with Crippen LogP contribution in [0.1, 0.15) is 30.6 Å². The van der Waals surface area contributed by atoms with Gasteiger partial charge in [0, 0.05) is 18.8 Å². The van der Waals surface area contributed by atoms with E-state index in [1.807, 2.05) is 6.92 Å². The number of hydrogen-bond donors (Lipinski definition) is 1. The summed E-state index contributed by atoms with van der Waals surface area (Å²) in [6.45, 7) is 2.40. The van der Waals surface area contributed by atoms with Crippen molar-refractivity contribution < 1.29 is 13.2 Å².